The van der Waals surface area contributed by atoms with Gasteiger partial charge in [0.05, 0.1) is 6.61 Å². The molecule has 0 aliphatic heterocycles. The second-order valence-corrected chi connectivity index (χ2v) is 3.21. The number of aliphatic carboxylic acids is 1. The summed E-state index contributed by atoms with van der Waals surface area (Å²) in [4.78, 5) is 9.65. The summed E-state index contributed by atoms with van der Waals surface area (Å²) in [5, 5.41) is 15.9. The number of hydrogen-bond donors (Lipinski definition) is 3. The Morgan fingerprint density at radius 1 is 1.21 bits per heavy atom. The third kappa shape index (κ3) is 13.8. The Hall–Kier alpha value is -2.17. The molecule has 4 N–H and O–H groups in total. The number of hydrogen-bond acceptors (Lipinski definition) is 3. The van der Waals surface area contributed by atoms with Gasteiger partial charge in [0.2, 0.25) is 0 Å². The summed E-state index contributed by atoms with van der Waals surface area (Å²) in [6.45, 7) is 9.85. The van der Waals surface area contributed by atoms with Crippen molar-refractivity contribution in [1.29, 1.82) is 0 Å². The number of aliphatic hydroxyl groups is 1. The minimum atomic E-state index is -1.18. The summed E-state index contributed by atoms with van der Waals surface area (Å²) in [6.07, 6.45) is 5.11. The van der Waals surface area contributed by atoms with Crippen LogP contribution in [0.2, 0.25) is 0 Å². The van der Waals surface area contributed by atoms with Crippen LogP contribution in [0, 0.1) is 0 Å². The van der Waals surface area contributed by atoms with Gasteiger partial charge in [-0.2, -0.15) is 0 Å². The molecule has 0 amide bonds. The van der Waals surface area contributed by atoms with Crippen molar-refractivity contribution >= 4 is 12.0 Å². The van der Waals surface area contributed by atoms with Crippen LogP contribution < -0.4 is 5.73 Å². The standard InChI is InChI=1S/C8H8.C4H6.C3H7NO3/c1-2-8-6-4-3-5-7-8;1-3-4-2;4-2(1-5)3(6)7/h2-7H,1H2;3-4H,1-2H2;2,5H,1,4H2,(H,6,7)/t;;2-/m..0/s1. The zero-order valence-electron chi connectivity index (χ0n) is 10.9. The molecule has 0 heterocycles. The molecule has 1 rings (SSSR count). The molecule has 0 aromatic heterocycles. The molecule has 0 saturated heterocycles. The Labute approximate surface area is 114 Å². The van der Waals surface area contributed by atoms with E-state index >= 15 is 0 Å². The first-order valence-electron chi connectivity index (χ1n) is 5.53. The van der Waals surface area contributed by atoms with E-state index in [4.69, 9.17) is 15.9 Å². The second kappa shape index (κ2) is 13.9. The molecule has 104 valence electrons. The average Bonchev–Trinajstić information content (AvgIpc) is 2.48. The Morgan fingerprint density at radius 2 is 1.68 bits per heavy atom. The zero-order valence-corrected chi connectivity index (χ0v) is 10.9. The van der Waals surface area contributed by atoms with Gasteiger partial charge >= 0.3 is 5.97 Å². The summed E-state index contributed by atoms with van der Waals surface area (Å²) < 4.78 is 0. The second-order valence-electron chi connectivity index (χ2n) is 3.21. The fourth-order valence-corrected chi connectivity index (χ4v) is 0.667. The number of carbonyl (C=O) groups is 1. The smallest absolute Gasteiger partial charge is 0.322 e. The van der Waals surface area contributed by atoms with Gasteiger partial charge in [0.25, 0.3) is 0 Å². The van der Waals surface area contributed by atoms with E-state index in [0.717, 1.165) is 0 Å². The molecule has 0 bridgehead atoms. The summed E-state index contributed by atoms with van der Waals surface area (Å²) in [6, 6.07) is 8.90. The molecule has 4 heteroatoms. The monoisotopic (exact) mass is 263 g/mol. The van der Waals surface area contributed by atoms with Crippen molar-refractivity contribution in [2.24, 2.45) is 5.73 Å². The number of aliphatic hydroxyl groups excluding tert-OH is 1. The Kier molecular flexibility index (Phi) is 14.0. The molecule has 0 aliphatic carbocycles. The summed E-state index contributed by atoms with van der Waals surface area (Å²) in [7, 11) is 0. The minimum Gasteiger partial charge on any atom is -0.480 e. The number of rotatable bonds is 4. The van der Waals surface area contributed by atoms with E-state index in [1.807, 2.05) is 36.4 Å². The maximum absolute atomic E-state index is 9.65. The van der Waals surface area contributed by atoms with Crippen LogP contribution in [0.5, 0.6) is 0 Å². The highest BCUT2D eigenvalue weighted by Crippen LogP contribution is 1.97. The molecule has 0 fully saturated rings. The highest BCUT2D eigenvalue weighted by Gasteiger charge is 2.06. The van der Waals surface area contributed by atoms with Crippen molar-refractivity contribution in [2.45, 2.75) is 6.04 Å². The Bertz CT molecular complexity index is 368. The van der Waals surface area contributed by atoms with Crippen LogP contribution in [0.15, 0.2) is 62.2 Å². The van der Waals surface area contributed by atoms with Crippen molar-refractivity contribution in [3.8, 4) is 0 Å². The fourth-order valence-electron chi connectivity index (χ4n) is 0.667. The quantitative estimate of drug-likeness (QED) is 0.726. The molecule has 1 aromatic carbocycles. The van der Waals surface area contributed by atoms with Gasteiger partial charge in [0.1, 0.15) is 6.04 Å². The van der Waals surface area contributed by atoms with Gasteiger partial charge in [-0.25, -0.2) is 0 Å². The maximum atomic E-state index is 9.65. The van der Waals surface area contributed by atoms with Gasteiger partial charge in [-0.05, 0) is 5.56 Å². The van der Waals surface area contributed by atoms with Crippen LogP contribution in [-0.4, -0.2) is 28.8 Å². The molecule has 19 heavy (non-hydrogen) atoms. The van der Waals surface area contributed by atoms with E-state index in [-0.39, 0.29) is 0 Å². The van der Waals surface area contributed by atoms with E-state index in [1.54, 1.807) is 12.2 Å². The Balaban J connectivity index is 0. The van der Waals surface area contributed by atoms with Crippen LogP contribution in [0.4, 0.5) is 0 Å². The fraction of sp³-hybridized carbons (Fsp3) is 0.133. The number of carboxylic acid groups (broad SMARTS) is 1. The third-order valence-electron chi connectivity index (χ3n) is 1.72. The molecule has 1 atom stereocenters. The molecule has 0 aliphatic rings. The molecule has 4 nitrogen and oxygen atoms in total. The third-order valence-corrected chi connectivity index (χ3v) is 1.72. The molecule has 0 unspecified atom stereocenters. The lowest BCUT2D eigenvalue weighted by Crippen LogP contribution is -2.33. The van der Waals surface area contributed by atoms with E-state index < -0.39 is 18.6 Å². The van der Waals surface area contributed by atoms with Crippen LogP contribution >= 0.6 is 0 Å². The molecule has 0 radical (unpaired) electrons. The molecule has 1 aromatic rings. The van der Waals surface area contributed by atoms with Crippen LogP contribution in [-0.2, 0) is 4.79 Å². The van der Waals surface area contributed by atoms with Gasteiger partial charge in [-0.1, -0.05) is 68.3 Å². The van der Waals surface area contributed by atoms with E-state index in [0.29, 0.717) is 0 Å². The number of nitrogens with two attached hydrogens (primary N) is 1. The van der Waals surface area contributed by atoms with Gasteiger partial charge in [0.15, 0.2) is 0 Å². The average molecular weight is 263 g/mol. The highest BCUT2D eigenvalue weighted by molar-refractivity contribution is 5.73. The van der Waals surface area contributed by atoms with Gasteiger partial charge < -0.3 is 15.9 Å². The SMILES string of the molecule is C=CC=C.C=Cc1ccccc1.N[C@@H](CO)C(=O)O. The van der Waals surface area contributed by atoms with Crippen molar-refractivity contribution in [2.75, 3.05) is 6.61 Å². The molecular formula is C15H21NO3. The van der Waals surface area contributed by atoms with Crippen LogP contribution in [0.25, 0.3) is 6.08 Å². The molecule has 0 spiro atoms. The zero-order chi connectivity index (χ0) is 15.1. The lowest BCUT2D eigenvalue weighted by Gasteiger charge is -1.96. The predicted octanol–water partition coefficient (Wildman–Crippen LogP) is 2.08. The van der Waals surface area contributed by atoms with E-state index in [1.165, 1.54) is 5.56 Å². The summed E-state index contributed by atoms with van der Waals surface area (Å²) in [5.74, 6) is -1.18. The molecular weight excluding hydrogens is 242 g/mol. The lowest BCUT2D eigenvalue weighted by molar-refractivity contribution is -0.139. The largest absolute Gasteiger partial charge is 0.480 e. The highest BCUT2D eigenvalue weighted by atomic mass is 16.4. The first-order chi connectivity index (χ1) is 9.03. The number of carboxylic acids is 1. The normalized spacial score (nSPS) is 9.58. The van der Waals surface area contributed by atoms with Gasteiger partial charge in [0, 0.05) is 0 Å². The van der Waals surface area contributed by atoms with Crippen LogP contribution in [0.1, 0.15) is 5.56 Å². The van der Waals surface area contributed by atoms with Crippen LogP contribution in [0.3, 0.4) is 0 Å². The Morgan fingerprint density at radius 3 is 1.84 bits per heavy atom. The van der Waals surface area contributed by atoms with Crippen molar-refractivity contribution in [1.82, 2.24) is 0 Å². The first kappa shape index (κ1) is 19.2. The minimum absolute atomic E-state index is 0.505. The van der Waals surface area contributed by atoms with E-state index in [2.05, 4.69) is 19.7 Å². The van der Waals surface area contributed by atoms with Gasteiger partial charge in [-0.3, -0.25) is 4.79 Å². The number of allylic oxidation sites excluding steroid dienone is 2. The van der Waals surface area contributed by atoms with Crippen molar-refractivity contribution < 1.29 is 15.0 Å². The summed E-state index contributed by atoms with van der Waals surface area (Å²) >= 11 is 0. The van der Waals surface area contributed by atoms with Gasteiger partial charge in [-0.15, -0.1) is 0 Å². The summed E-state index contributed by atoms with van der Waals surface area (Å²) in [5.41, 5.74) is 5.94. The maximum Gasteiger partial charge on any atom is 0.322 e. The number of benzene rings is 1. The van der Waals surface area contributed by atoms with E-state index in [9.17, 15) is 4.79 Å². The van der Waals surface area contributed by atoms with Crippen molar-refractivity contribution in [3.05, 3.63) is 67.8 Å². The van der Waals surface area contributed by atoms with Crippen molar-refractivity contribution in [3.63, 3.8) is 0 Å². The topological polar surface area (TPSA) is 83.5 Å². The lowest BCUT2D eigenvalue weighted by atomic mass is 10.2. The predicted molar refractivity (Wildman–Crippen MR) is 79.6 cm³/mol. The first-order valence-corrected chi connectivity index (χ1v) is 5.53. The molecule has 0 saturated carbocycles.